The molecule has 0 spiro atoms. The van der Waals surface area contributed by atoms with Crippen molar-refractivity contribution in [1.29, 1.82) is 0 Å². The molecular weight excluding hydrogens is 392 g/mol. The Morgan fingerprint density at radius 1 is 0.633 bits per heavy atom. The highest BCUT2D eigenvalue weighted by molar-refractivity contribution is 6.30. The molecule has 0 unspecified atom stereocenters. The Hall–Kier alpha value is -3.62. The van der Waals surface area contributed by atoms with E-state index in [-0.39, 0.29) is 5.78 Å². The van der Waals surface area contributed by atoms with Crippen molar-refractivity contribution < 1.29 is 9.53 Å². The van der Waals surface area contributed by atoms with Crippen LogP contribution in [0.2, 0.25) is 5.02 Å². The first-order chi connectivity index (χ1) is 14.7. The van der Waals surface area contributed by atoms with E-state index >= 15 is 0 Å². The average Bonchev–Trinajstić information content (AvgIpc) is 2.78. The maximum absolute atomic E-state index is 12.9. The van der Waals surface area contributed by atoms with Crippen LogP contribution in [0.5, 0.6) is 11.5 Å². The first-order valence-electron chi connectivity index (χ1n) is 9.68. The highest BCUT2D eigenvalue weighted by Gasteiger charge is 2.26. The molecule has 0 saturated carbocycles. The standard InChI is InChI=1S/C27H17ClO2/c28-19-12-14-20(15-13-19)30-21-7-5-6-18(16-21)17-26-22-8-1-3-10-24(22)27(29)25-11-4-2-9-23(25)26/h1-17H. The van der Waals surface area contributed by atoms with E-state index in [2.05, 4.69) is 6.08 Å². The van der Waals surface area contributed by atoms with E-state index in [1.165, 1.54) is 0 Å². The van der Waals surface area contributed by atoms with Crippen LogP contribution in [-0.2, 0) is 0 Å². The van der Waals surface area contributed by atoms with E-state index in [9.17, 15) is 4.79 Å². The number of hydrogen-bond acceptors (Lipinski definition) is 2. The van der Waals surface area contributed by atoms with Crippen molar-refractivity contribution in [3.05, 3.63) is 130 Å². The van der Waals surface area contributed by atoms with E-state index in [0.29, 0.717) is 5.02 Å². The van der Waals surface area contributed by atoms with Crippen LogP contribution in [0.3, 0.4) is 0 Å². The predicted molar refractivity (Wildman–Crippen MR) is 121 cm³/mol. The number of rotatable bonds is 3. The number of carbonyl (C=O) groups excluding carboxylic acids is 1. The van der Waals surface area contributed by atoms with Gasteiger partial charge in [0.05, 0.1) is 0 Å². The number of ether oxygens (including phenoxy) is 1. The molecule has 3 heteroatoms. The molecule has 0 saturated heterocycles. The van der Waals surface area contributed by atoms with Crippen molar-refractivity contribution in [3.8, 4) is 11.5 Å². The van der Waals surface area contributed by atoms with Gasteiger partial charge in [0.1, 0.15) is 11.5 Å². The number of benzene rings is 4. The maximum atomic E-state index is 12.9. The molecule has 2 nitrogen and oxygen atoms in total. The summed E-state index contributed by atoms with van der Waals surface area (Å²) in [6.45, 7) is 0. The number of halogens is 1. The van der Waals surface area contributed by atoms with Gasteiger partial charge < -0.3 is 4.74 Å². The molecule has 0 bridgehead atoms. The summed E-state index contributed by atoms with van der Waals surface area (Å²) < 4.78 is 5.98. The maximum Gasteiger partial charge on any atom is 0.194 e. The van der Waals surface area contributed by atoms with Gasteiger partial charge in [-0.25, -0.2) is 0 Å². The number of fused-ring (bicyclic) bond motifs is 2. The summed E-state index contributed by atoms with van der Waals surface area (Å²) in [6.07, 6.45) is 2.11. The average molecular weight is 409 g/mol. The number of ketones is 1. The van der Waals surface area contributed by atoms with Gasteiger partial charge in [-0.2, -0.15) is 0 Å². The molecule has 0 N–H and O–H groups in total. The SMILES string of the molecule is O=C1c2ccccc2C(=Cc2cccc(Oc3ccc(Cl)cc3)c2)c2ccccc21. The molecule has 4 aromatic rings. The Balaban J connectivity index is 1.58. The summed E-state index contributed by atoms with van der Waals surface area (Å²) in [4.78, 5) is 12.9. The van der Waals surface area contributed by atoms with Crippen LogP contribution in [0.1, 0.15) is 32.6 Å². The largest absolute Gasteiger partial charge is 0.457 e. The van der Waals surface area contributed by atoms with Crippen LogP contribution in [0, 0.1) is 0 Å². The van der Waals surface area contributed by atoms with Crippen molar-refractivity contribution in [2.45, 2.75) is 0 Å². The monoisotopic (exact) mass is 408 g/mol. The summed E-state index contributed by atoms with van der Waals surface area (Å²) in [5.74, 6) is 1.53. The van der Waals surface area contributed by atoms with Crippen LogP contribution in [0.4, 0.5) is 0 Å². The highest BCUT2D eigenvalue weighted by Crippen LogP contribution is 2.37. The third-order valence-corrected chi connectivity index (χ3v) is 5.39. The molecule has 0 atom stereocenters. The molecule has 0 radical (unpaired) electrons. The molecule has 144 valence electrons. The zero-order valence-corrected chi connectivity index (χ0v) is 16.8. The van der Waals surface area contributed by atoms with Crippen LogP contribution in [-0.4, -0.2) is 5.78 Å². The van der Waals surface area contributed by atoms with Gasteiger partial charge in [0.15, 0.2) is 5.78 Å². The Labute approximate surface area is 180 Å². The zero-order chi connectivity index (χ0) is 20.5. The van der Waals surface area contributed by atoms with Crippen molar-refractivity contribution in [2.24, 2.45) is 0 Å². The molecular formula is C27H17ClO2. The van der Waals surface area contributed by atoms with Crippen LogP contribution >= 0.6 is 11.6 Å². The third-order valence-electron chi connectivity index (χ3n) is 5.14. The van der Waals surface area contributed by atoms with Crippen molar-refractivity contribution in [1.82, 2.24) is 0 Å². The second kappa shape index (κ2) is 7.66. The van der Waals surface area contributed by atoms with E-state index in [1.54, 1.807) is 12.1 Å². The van der Waals surface area contributed by atoms with Gasteiger partial charge in [-0.15, -0.1) is 0 Å². The fourth-order valence-electron chi connectivity index (χ4n) is 3.75. The van der Waals surface area contributed by atoms with E-state index in [1.807, 2.05) is 84.9 Å². The highest BCUT2D eigenvalue weighted by atomic mass is 35.5. The molecule has 0 fully saturated rings. The van der Waals surface area contributed by atoms with Gasteiger partial charge in [-0.3, -0.25) is 4.79 Å². The normalized spacial score (nSPS) is 12.2. The Kier molecular flexibility index (Phi) is 4.70. The second-order valence-electron chi connectivity index (χ2n) is 7.11. The minimum absolute atomic E-state index is 0.0678. The van der Waals surface area contributed by atoms with Crippen LogP contribution in [0.25, 0.3) is 11.6 Å². The first-order valence-corrected chi connectivity index (χ1v) is 10.1. The molecule has 0 aromatic heterocycles. The Morgan fingerprint density at radius 2 is 1.23 bits per heavy atom. The number of carbonyl (C=O) groups is 1. The summed E-state index contributed by atoms with van der Waals surface area (Å²) in [6, 6.07) is 30.7. The molecule has 30 heavy (non-hydrogen) atoms. The lowest BCUT2D eigenvalue weighted by atomic mass is 9.81. The predicted octanol–water partition coefficient (Wildman–Crippen LogP) is 7.27. The summed E-state index contributed by atoms with van der Waals surface area (Å²) in [5, 5.41) is 0.671. The van der Waals surface area contributed by atoms with Crippen molar-refractivity contribution in [3.63, 3.8) is 0 Å². The minimum atomic E-state index is 0.0678. The third kappa shape index (κ3) is 3.42. The lowest BCUT2D eigenvalue weighted by molar-refractivity contribution is 0.103. The van der Waals surface area contributed by atoms with Crippen LogP contribution in [0.15, 0.2) is 97.1 Å². The molecule has 4 aromatic carbocycles. The lowest BCUT2D eigenvalue weighted by Gasteiger charge is -2.21. The zero-order valence-electron chi connectivity index (χ0n) is 16.0. The fourth-order valence-corrected chi connectivity index (χ4v) is 3.88. The molecule has 0 amide bonds. The van der Waals surface area contributed by atoms with Crippen molar-refractivity contribution in [2.75, 3.05) is 0 Å². The Morgan fingerprint density at radius 3 is 1.87 bits per heavy atom. The van der Waals surface area contributed by atoms with Gasteiger partial charge in [-0.1, -0.05) is 72.3 Å². The molecule has 0 aliphatic heterocycles. The van der Waals surface area contributed by atoms with Gasteiger partial charge >= 0.3 is 0 Å². The van der Waals surface area contributed by atoms with Crippen molar-refractivity contribution >= 4 is 29.0 Å². The summed E-state index contributed by atoms with van der Waals surface area (Å²) >= 11 is 5.95. The van der Waals surface area contributed by atoms with Gasteiger partial charge in [0.2, 0.25) is 0 Å². The van der Waals surface area contributed by atoms with Gasteiger partial charge in [-0.05, 0) is 64.7 Å². The van der Waals surface area contributed by atoms with Gasteiger partial charge in [0, 0.05) is 16.1 Å². The smallest absolute Gasteiger partial charge is 0.194 e. The molecule has 1 aliphatic rings. The van der Waals surface area contributed by atoms with Gasteiger partial charge in [0.25, 0.3) is 0 Å². The van der Waals surface area contributed by atoms with E-state index in [4.69, 9.17) is 16.3 Å². The molecule has 5 rings (SSSR count). The van der Waals surface area contributed by atoms with E-state index < -0.39 is 0 Å². The summed E-state index contributed by atoms with van der Waals surface area (Å²) in [7, 11) is 0. The minimum Gasteiger partial charge on any atom is -0.457 e. The quantitative estimate of drug-likeness (QED) is 0.314. The molecule has 1 aliphatic carbocycles. The van der Waals surface area contributed by atoms with E-state index in [0.717, 1.165) is 44.9 Å². The summed E-state index contributed by atoms with van der Waals surface area (Å²) in [5.41, 5.74) is 5.39. The Bertz CT molecular complexity index is 1230. The first kappa shape index (κ1) is 18.4. The van der Waals surface area contributed by atoms with Crippen LogP contribution < -0.4 is 4.74 Å². The molecule has 0 heterocycles. The lowest BCUT2D eigenvalue weighted by Crippen LogP contribution is -2.14. The fraction of sp³-hybridized carbons (Fsp3) is 0. The topological polar surface area (TPSA) is 26.3 Å². The second-order valence-corrected chi connectivity index (χ2v) is 7.54. The number of hydrogen-bond donors (Lipinski definition) is 0.